The molecule has 0 fully saturated rings. The molecule has 0 saturated heterocycles. The highest BCUT2D eigenvalue weighted by Crippen LogP contribution is 2.21. The van der Waals surface area contributed by atoms with Crippen molar-refractivity contribution in [1.82, 2.24) is 10.2 Å². The maximum absolute atomic E-state index is 12.1. The molecule has 1 aromatic heterocycles. The standard InChI is InChI=1S/C14H12N4O2S/c1-9-17-18-14(21-9)16-13(19)11(8-15)7-10-5-3-4-6-12(10)20-2/h3-7H,1-2H3,(H,16,18,19)/b11-7+. The summed E-state index contributed by atoms with van der Waals surface area (Å²) in [5, 5.41) is 20.4. The van der Waals surface area contributed by atoms with Gasteiger partial charge in [-0.15, -0.1) is 10.2 Å². The van der Waals surface area contributed by atoms with Crippen LogP contribution >= 0.6 is 11.3 Å². The first-order chi connectivity index (χ1) is 10.1. The Hall–Kier alpha value is -2.72. The molecule has 0 bridgehead atoms. The van der Waals surface area contributed by atoms with Gasteiger partial charge in [0.1, 0.15) is 22.4 Å². The number of anilines is 1. The molecule has 21 heavy (non-hydrogen) atoms. The quantitative estimate of drug-likeness (QED) is 0.692. The summed E-state index contributed by atoms with van der Waals surface area (Å²) in [5.74, 6) is 0.0596. The molecular weight excluding hydrogens is 288 g/mol. The number of ether oxygens (including phenoxy) is 1. The van der Waals surface area contributed by atoms with E-state index in [1.54, 1.807) is 25.1 Å². The number of para-hydroxylation sites is 1. The van der Waals surface area contributed by atoms with Gasteiger partial charge in [-0.2, -0.15) is 5.26 Å². The van der Waals surface area contributed by atoms with Crippen molar-refractivity contribution in [3.8, 4) is 11.8 Å². The minimum atomic E-state index is -0.528. The van der Waals surface area contributed by atoms with E-state index in [9.17, 15) is 4.79 Å². The van der Waals surface area contributed by atoms with Crippen LogP contribution in [0, 0.1) is 18.3 Å². The number of aryl methyl sites for hydroxylation is 1. The highest BCUT2D eigenvalue weighted by Gasteiger charge is 2.13. The minimum Gasteiger partial charge on any atom is -0.496 e. The molecule has 0 aliphatic carbocycles. The van der Waals surface area contributed by atoms with E-state index in [0.29, 0.717) is 16.4 Å². The van der Waals surface area contributed by atoms with Crippen LogP contribution in [-0.2, 0) is 4.79 Å². The number of hydrogen-bond acceptors (Lipinski definition) is 6. The van der Waals surface area contributed by atoms with Crippen molar-refractivity contribution in [2.24, 2.45) is 0 Å². The Kier molecular flexibility index (Phi) is 4.64. The normalized spacial score (nSPS) is 10.8. The van der Waals surface area contributed by atoms with Crippen LogP contribution in [0.2, 0.25) is 0 Å². The third kappa shape index (κ3) is 3.64. The minimum absolute atomic E-state index is 0.0349. The summed E-state index contributed by atoms with van der Waals surface area (Å²) in [6.07, 6.45) is 1.47. The molecular formula is C14H12N4O2S. The molecule has 2 rings (SSSR count). The molecule has 0 atom stereocenters. The van der Waals surface area contributed by atoms with Gasteiger partial charge in [0.05, 0.1) is 7.11 Å². The lowest BCUT2D eigenvalue weighted by Gasteiger charge is -2.04. The van der Waals surface area contributed by atoms with Gasteiger partial charge in [0.15, 0.2) is 0 Å². The molecule has 7 heteroatoms. The fourth-order valence-electron chi connectivity index (χ4n) is 1.60. The van der Waals surface area contributed by atoms with Gasteiger partial charge in [0.25, 0.3) is 5.91 Å². The fraction of sp³-hybridized carbons (Fsp3) is 0.143. The Balaban J connectivity index is 2.24. The highest BCUT2D eigenvalue weighted by atomic mass is 32.1. The number of aromatic nitrogens is 2. The van der Waals surface area contributed by atoms with E-state index in [1.807, 2.05) is 12.1 Å². The highest BCUT2D eigenvalue weighted by molar-refractivity contribution is 7.15. The summed E-state index contributed by atoms with van der Waals surface area (Å²) in [6.45, 7) is 1.78. The van der Waals surface area contributed by atoms with Gasteiger partial charge in [0, 0.05) is 5.56 Å². The van der Waals surface area contributed by atoms with Gasteiger partial charge in [-0.25, -0.2) is 0 Å². The molecule has 0 unspecified atom stereocenters. The molecule has 0 spiro atoms. The number of nitriles is 1. The van der Waals surface area contributed by atoms with Gasteiger partial charge < -0.3 is 4.74 Å². The number of amides is 1. The zero-order valence-corrected chi connectivity index (χ0v) is 12.3. The Bertz CT molecular complexity index is 731. The van der Waals surface area contributed by atoms with E-state index >= 15 is 0 Å². The van der Waals surface area contributed by atoms with Crippen LogP contribution in [0.5, 0.6) is 5.75 Å². The summed E-state index contributed by atoms with van der Waals surface area (Å²) in [6, 6.07) is 9.01. The number of nitrogens with one attached hydrogen (secondary N) is 1. The Labute approximate surface area is 125 Å². The number of carbonyl (C=O) groups excluding carboxylic acids is 1. The first kappa shape index (κ1) is 14.7. The first-order valence-electron chi connectivity index (χ1n) is 6.00. The topological polar surface area (TPSA) is 87.9 Å². The smallest absolute Gasteiger partial charge is 0.268 e. The van der Waals surface area contributed by atoms with Crippen molar-refractivity contribution < 1.29 is 9.53 Å². The number of nitrogens with zero attached hydrogens (tertiary/aromatic N) is 3. The second-order valence-corrected chi connectivity index (χ2v) is 5.17. The molecule has 2 aromatic rings. The lowest BCUT2D eigenvalue weighted by atomic mass is 10.1. The van der Waals surface area contributed by atoms with Crippen LogP contribution in [0.15, 0.2) is 29.8 Å². The van der Waals surface area contributed by atoms with Gasteiger partial charge in [-0.05, 0) is 19.1 Å². The third-order valence-corrected chi connectivity index (χ3v) is 3.30. The van der Waals surface area contributed by atoms with Crippen molar-refractivity contribution >= 4 is 28.5 Å². The lowest BCUT2D eigenvalue weighted by molar-refractivity contribution is -0.112. The zero-order valence-electron chi connectivity index (χ0n) is 11.5. The monoisotopic (exact) mass is 300 g/mol. The van der Waals surface area contributed by atoms with E-state index in [4.69, 9.17) is 10.00 Å². The predicted octanol–water partition coefficient (Wildman–Crippen LogP) is 2.40. The Morgan fingerprint density at radius 3 is 2.81 bits per heavy atom. The van der Waals surface area contributed by atoms with E-state index in [1.165, 1.54) is 24.5 Å². The van der Waals surface area contributed by atoms with Crippen LogP contribution in [0.4, 0.5) is 5.13 Å². The second-order valence-electron chi connectivity index (χ2n) is 3.99. The Morgan fingerprint density at radius 1 is 1.43 bits per heavy atom. The van der Waals surface area contributed by atoms with Crippen LogP contribution in [0.1, 0.15) is 10.6 Å². The van der Waals surface area contributed by atoms with Gasteiger partial charge in [-0.1, -0.05) is 29.5 Å². The maximum Gasteiger partial charge on any atom is 0.268 e. The van der Waals surface area contributed by atoms with Crippen molar-refractivity contribution in [3.63, 3.8) is 0 Å². The number of benzene rings is 1. The predicted molar refractivity (Wildman–Crippen MR) is 79.9 cm³/mol. The van der Waals surface area contributed by atoms with Crippen molar-refractivity contribution in [1.29, 1.82) is 5.26 Å². The summed E-state index contributed by atoms with van der Waals surface area (Å²) in [4.78, 5) is 12.1. The molecule has 0 aliphatic rings. The average molecular weight is 300 g/mol. The molecule has 106 valence electrons. The average Bonchev–Trinajstić information content (AvgIpc) is 2.90. The summed E-state index contributed by atoms with van der Waals surface area (Å²) in [5.41, 5.74) is 0.618. The lowest BCUT2D eigenvalue weighted by Crippen LogP contribution is -2.13. The van der Waals surface area contributed by atoms with E-state index in [-0.39, 0.29) is 5.57 Å². The van der Waals surface area contributed by atoms with E-state index in [2.05, 4.69) is 15.5 Å². The summed E-state index contributed by atoms with van der Waals surface area (Å²) < 4.78 is 5.19. The molecule has 6 nitrogen and oxygen atoms in total. The second kappa shape index (κ2) is 6.63. The zero-order chi connectivity index (χ0) is 15.2. The van der Waals surface area contributed by atoms with E-state index < -0.39 is 5.91 Å². The molecule has 0 radical (unpaired) electrons. The first-order valence-corrected chi connectivity index (χ1v) is 6.82. The van der Waals surface area contributed by atoms with Gasteiger partial charge in [0.2, 0.25) is 5.13 Å². The van der Waals surface area contributed by atoms with Crippen molar-refractivity contribution in [2.75, 3.05) is 12.4 Å². The van der Waals surface area contributed by atoms with E-state index in [0.717, 1.165) is 5.01 Å². The molecule has 0 saturated carbocycles. The number of hydrogen-bond donors (Lipinski definition) is 1. The largest absolute Gasteiger partial charge is 0.496 e. The van der Waals surface area contributed by atoms with Crippen LogP contribution < -0.4 is 10.1 Å². The van der Waals surface area contributed by atoms with Crippen LogP contribution in [0.3, 0.4) is 0 Å². The fourth-order valence-corrected chi connectivity index (χ4v) is 2.19. The summed E-state index contributed by atoms with van der Waals surface area (Å²) >= 11 is 1.24. The number of methoxy groups -OCH3 is 1. The van der Waals surface area contributed by atoms with Crippen LogP contribution in [-0.4, -0.2) is 23.2 Å². The van der Waals surface area contributed by atoms with Crippen LogP contribution in [0.25, 0.3) is 6.08 Å². The molecule has 1 amide bonds. The van der Waals surface area contributed by atoms with Crippen molar-refractivity contribution in [3.05, 3.63) is 40.4 Å². The van der Waals surface area contributed by atoms with Gasteiger partial charge >= 0.3 is 0 Å². The SMILES string of the molecule is COc1ccccc1/C=C(\C#N)C(=O)Nc1nnc(C)s1. The maximum atomic E-state index is 12.1. The third-order valence-electron chi connectivity index (χ3n) is 2.55. The van der Waals surface area contributed by atoms with Crippen molar-refractivity contribution in [2.45, 2.75) is 6.92 Å². The Morgan fingerprint density at radius 2 is 2.19 bits per heavy atom. The van der Waals surface area contributed by atoms with Gasteiger partial charge in [-0.3, -0.25) is 10.1 Å². The number of carbonyl (C=O) groups is 1. The molecule has 1 heterocycles. The molecule has 0 aliphatic heterocycles. The molecule has 1 N–H and O–H groups in total. The summed E-state index contributed by atoms with van der Waals surface area (Å²) in [7, 11) is 1.53. The number of rotatable bonds is 4. The molecule has 1 aromatic carbocycles.